The molecule has 2 heterocycles. The summed E-state index contributed by atoms with van der Waals surface area (Å²) in [4.78, 5) is 17.9. The number of halogens is 1. The summed E-state index contributed by atoms with van der Waals surface area (Å²) >= 11 is 5.25. The van der Waals surface area contributed by atoms with E-state index in [0.717, 1.165) is 42.1 Å². The van der Waals surface area contributed by atoms with Crippen LogP contribution in [0.1, 0.15) is 22.0 Å². The van der Waals surface area contributed by atoms with Gasteiger partial charge >= 0.3 is 0 Å². The Kier molecular flexibility index (Phi) is 5.86. The first-order chi connectivity index (χ1) is 12.1. The molecule has 0 bridgehead atoms. The van der Waals surface area contributed by atoms with E-state index < -0.39 is 6.04 Å². The maximum atomic E-state index is 12.0. The van der Waals surface area contributed by atoms with Crippen molar-refractivity contribution in [1.82, 2.24) is 9.80 Å². The minimum absolute atomic E-state index is 0.347. The van der Waals surface area contributed by atoms with E-state index in [9.17, 15) is 4.79 Å². The molecule has 130 valence electrons. The second kappa shape index (κ2) is 8.11. The predicted octanol–water partition coefficient (Wildman–Crippen LogP) is 2.73. The number of rotatable bonds is 5. The molecule has 25 heavy (non-hydrogen) atoms. The van der Waals surface area contributed by atoms with Crippen LogP contribution in [0.15, 0.2) is 40.2 Å². The number of hydrogen-bond acceptors (Lipinski definition) is 5. The molecule has 1 aromatic heterocycles. The highest BCUT2D eigenvalue weighted by molar-refractivity contribution is 9.11. The zero-order chi connectivity index (χ0) is 17.8. The molecule has 1 amide bonds. The number of nitrogens with two attached hydrogens (primary N) is 1. The van der Waals surface area contributed by atoms with Crippen molar-refractivity contribution in [3.63, 3.8) is 0 Å². The van der Waals surface area contributed by atoms with E-state index in [1.54, 1.807) is 23.5 Å². The Morgan fingerprint density at radius 1 is 1.20 bits per heavy atom. The van der Waals surface area contributed by atoms with Crippen LogP contribution in [0.25, 0.3) is 0 Å². The fourth-order valence-corrected chi connectivity index (χ4v) is 4.66. The van der Waals surface area contributed by atoms with Gasteiger partial charge in [0.2, 0.25) is 5.91 Å². The number of carbonyl (C=O) groups excluding carboxylic acids is 1. The molecule has 1 aliphatic rings. The third-order valence-electron chi connectivity index (χ3n) is 4.41. The Morgan fingerprint density at radius 3 is 2.40 bits per heavy atom. The van der Waals surface area contributed by atoms with E-state index in [-0.39, 0.29) is 5.91 Å². The van der Waals surface area contributed by atoms with Crippen LogP contribution in [0.3, 0.4) is 0 Å². The predicted molar refractivity (Wildman–Crippen MR) is 102 cm³/mol. The van der Waals surface area contributed by atoms with Crippen LogP contribution in [-0.4, -0.2) is 41.9 Å². The zero-order valence-corrected chi connectivity index (χ0v) is 16.1. The number of piperazine rings is 1. The lowest BCUT2D eigenvalue weighted by Gasteiger charge is -2.38. The topological polar surface area (TPSA) is 73.4 Å². The van der Waals surface area contributed by atoms with E-state index >= 15 is 0 Å². The van der Waals surface area contributed by atoms with Crippen LogP contribution in [0.5, 0.6) is 0 Å². The molecule has 1 unspecified atom stereocenters. The summed E-state index contributed by atoms with van der Waals surface area (Å²) < 4.78 is 1.15. The van der Waals surface area contributed by atoms with E-state index in [1.165, 1.54) is 4.88 Å². The monoisotopic (exact) mass is 418 g/mol. The maximum absolute atomic E-state index is 12.0. The summed E-state index contributed by atoms with van der Waals surface area (Å²) in [6, 6.07) is 13.0. The first kappa shape index (κ1) is 18.1. The van der Waals surface area contributed by atoms with Gasteiger partial charge in [-0.05, 0) is 45.8 Å². The molecule has 1 fully saturated rings. The van der Waals surface area contributed by atoms with Crippen molar-refractivity contribution >= 4 is 33.2 Å². The summed E-state index contributed by atoms with van der Waals surface area (Å²) in [5, 5.41) is 8.92. The van der Waals surface area contributed by atoms with Gasteiger partial charge in [-0.3, -0.25) is 14.6 Å². The van der Waals surface area contributed by atoms with Gasteiger partial charge < -0.3 is 5.73 Å². The van der Waals surface area contributed by atoms with E-state index in [2.05, 4.69) is 43.9 Å². The number of thiophene rings is 1. The highest BCUT2D eigenvalue weighted by Gasteiger charge is 2.29. The first-order valence-electron chi connectivity index (χ1n) is 8.07. The second-order valence-electron chi connectivity index (χ2n) is 6.06. The molecular weight excluding hydrogens is 400 g/mol. The van der Waals surface area contributed by atoms with Crippen LogP contribution >= 0.6 is 27.3 Å². The normalized spacial score (nSPS) is 17.1. The summed E-state index contributed by atoms with van der Waals surface area (Å²) in [6.07, 6.45) is 0. The maximum Gasteiger partial charge on any atom is 0.239 e. The van der Waals surface area contributed by atoms with Crippen molar-refractivity contribution in [1.29, 1.82) is 5.26 Å². The van der Waals surface area contributed by atoms with Crippen molar-refractivity contribution in [2.45, 2.75) is 12.6 Å². The lowest BCUT2D eigenvalue weighted by molar-refractivity contribution is -0.124. The van der Waals surface area contributed by atoms with Gasteiger partial charge in [0.25, 0.3) is 0 Å². The van der Waals surface area contributed by atoms with Gasteiger partial charge in [-0.2, -0.15) is 5.26 Å². The van der Waals surface area contributed by atoms with E-state index in [4.69, 9.17) is 11.0 Å². The average molecular weight is 419 g/mol. The number of hydrogen-bond donors (Lipinski definition) is 1. The first-order valence-corrected chi connectivity index (χ1v) is 9.68. The van der Waals surface area contributed by atoms with Crippen molar-refractivity contribution in [2.75, 3.05) is 26.2 Å². The second-order valence-corrected chi connectivity index (χ2v) is 8.60. The number of amides is 1. The Morgan fingerprint density at radius 2 is 1.88 bits per heavy atom. The van der Waals surface area contributed by atoms with Gasteiger partial charge in [0.05, 0.1) is 15.4 Å². The van der Waals surface area contributed by atoms with Crippen LogP contribution in [0.2, 0.25) is 0 Å². The molecule has 0 aliphatic carbocycles. The molecule has 7 heteroatoms. The van der Waals surface area contributed by atoms with Gasteiger partial charge in [-0.15, -0.1) is 11.3 Å². The average Bonchev–Trinajstić information content (AvgIpc) is 3.02. The van der Waals surface area contributed by atoms with E-state index in [1.807, 2.05) is 12.1 Å². The zero-order valence-electron chi connectivity index (χ0n) is 13.7. The molecular formula is C18H19BrN4OS. The lowest BCUT2D eigenvalue weighted by Crippen LogP contribution is -2.49. The third kappa shape index (κ3) is 4.47. The number of carbonyl (C=O) groups is 1. The quantitative estimate of drug-likeness (QED) is 0.809. The van der Waals surface area contributed by atoms with Gasteiger partial charge in [0, 0.05) is 37.6 Å². The molecule has 1 aliphatic heterocycles. The molecule has 1 saturated heterocycles. The lowest BCUT2D eigenvalue weighted by atomic mass is 10.0. The molecule has 0 saturated carbocycles. The van der Waals surface area contributed by atoms with Gasteiger partial charge in [0.15, 0.2) is 0 Å². The number of benzene rings is 1. The molecule has 0 spiro atoms. The minimum atomic E-state index is -0.439. The van der Waals surface area contributed by atoms with Crippen molar-refractivity contribution in [2.24, 2.45) is 5.73 Å². The highest BCUT2D eigenvalue weighted by atomic mass is 79.9. The molecule has 1 atom stereocenters. The summed E-state index contributed by atoms with van der Waals surface area (Å²) in [5.74, 6) is -0.347. The number of nitriles is 1. The third-order valence-corrected chi connectivity index (χ3v) is 6.01. The van der Waals surface area contributed by atoms with Crippen molar-refractivity contribution < 1.29 is 4.79 Å². The molecule has 0 radical (unpaired) electrons. The smallest absolute Gasteiger partial charge is 0.239 e. The summed E-state index contributed by atoms with van der Waals surface area (Å²) in [7, 11) is 0. The van der Waals surface area contributed by atoms with Crippen LogP contribution in [0.4, 0.5) is 0 Å². The number of primary amides is 1. The van der Waals surface area contributed by atoms with Gasteiger partial charge in [-0.1, -0.05) is 12.1 Å². The Bertz CT molecular complexity index is 775. The van der Waals surface area contributed by atoms with Crippen molar-refractivity contribution in [3.8, 4) is 6.07 Å². The van der Waals surface area contributed by atoms with Crippen LogP contribution in [-0.2, 0) is 11.3 Å². The van der Waals surface area contributed by atoms with Crippen LogP contribution < -0.4 is 5.73 Å². The van der Waals surface area contributed by atoms with Gasteiger partial charge in [0.1, 0.15) is 6.04 Å². The standard InChI is InChI=1S/C18H19BrN4OS/c19-16-6-5-15(25-16)12-22-7-9-23(10-8-22)17(18(21)24)14-3-1-13(11-20)2-4-14/h1-6,17H,7-10,12H2,(H2,21,24). The van der Waals surface area contributed by atoms with Crippen molar-refractivity contribution in [3.05, 3.63) is 56.2 Å². The molecule has 2 N–H and O–H groups in total. The molecule has 5 nitrogen and oxygen atoms in total. The summed E-state index contributed by atoms with van der Waals surface area (Å²) in [6.45, 7) is 4.31. The minimum Gasteiger partial charge on any atom is -0.368 e. The molecule has 3 rings (SSSR count). The largest absolute Gasteiger partial charge is 0.368 e. The summed E-state index contributed by atoms with van der Waals surface area (Å²) in [5.41, 5.74) is 7.10. The van der Waals surface area contributed by atoms with E-state index in [0.29, 0.717) is 5.56 Å². The Labute approximate surface area is 159 Å². The molecule has 2 aromatic rings. The fourth-order valence-electron chi connectivity index (χ4n) is 3.13. The SMILES string of the molecule is N#Cc1ccc(C(C(N)=O)N2CCN(Cc3ccc(Br)s3)CC2)cc1. The number of nitrogens with zero attached hydrogens (tertiary/aromatic N) is 3. The van der Waals surface area contributed by atoms with Crippen LogP contribution in [0, 0.1) is 11.3 Å². The Hall–Kier alpha value is -1.72. The molecule has 1 aromatic carbocycles. The fraction of sp³-hybridized carbons (Fsp3) is 0.333. The Balaban J connectivity index is 1.64. The van der Waals surface area contributed by atoms with Gasteiger partial charge in [-0.25, -0.2) is 0 Å². The highest BCUT2D eigenvalue weighted by Crippen LogP contribution is 2.26.